The Labute approximate surface area is 182 Å². The van der Waals surface area contributed by atoms with Crippen molar-refractivity contribution < 1.29 is 27.9 Å². The number of ketones is 1. The van der Waals surface area contributed by atoms with E-state index in [1.54, 1.807) is 54.6 Å². The molecule has 1 saturated heterocycles. The number of nitrogens with zero attached hydrogens (tertiary/aromatic N) is 1. The highest BCUT2D eigenvalue weighted by atomic mass is 19.4. The topological polar surface area (TPSA) is 57.6 Å². The number of hydrogen-bond acceptors (Lipinski definition) is 3. The molecule has 0 spiro atoms. The van der Waals surface area contributed by atoms with Gasteiger partial charge >= 0.3 is 6.18 Å². The Balaban J connectivity index is 1.94. The highest BCUT2D eigenvalue weighted by Gasteiger charge is 2.47. The van der Waals surface area contributed by atoms with Gasteiger partial charge in [-0.2, -0.15) is 13.2 Å². The van der Waals surface area contributed by atoms with Crippen LogP contribution in [0.4, 0.5) is 18.9 Å². The lowest BCUT2D eigenvalue weighted by molar-refractivity contribution is -0.137. The van der Waals surface area contributed by atoms with Crippen LogP contribution in [0.25, 0.3) is 5.76 Å². The maximum absolute atomic E-state index is 13.3. The third kappa shape index (κ3) is 3.77. The maximum atomic E-state index is 13.3. The van der Waals surface area contributed by atoms with Crippen molar-refractivity contribution in [1.82, 2.24) is 0 Å². The van der Waals surface area contributed by atoms with Gasteiger partial charge in [0.05, 0.1) is 17.2 Å². The molecule has 4 nitrogen and oxygen atoms in total. The number of anilines is 1. The summed E-state index contributed by atoms with van der Waals surface area (Å²) in [5.74, 6) is -2.36. The molecule has 1 fully saturated rings. The lowest BCUT2D eigenvalue weighted by Crippen LogP contribution is -2.29. The Morgan fingerprint density at radius 1 is 0.906 bits per heavy atom. The van der Waals surface area contributed by atoms with Gasteiger partial charge in [0.2, 0.25) is 0 Å². The second-order valence-corrected chi connectivity index (χ2v) is 7.49. The summed E-state index contributed by atoms with van der Waals surface area (Å²) in [7, 11) is 0. The van der Waals surface area contributed by atoms with Gasteiger partial charge in [0.1, 0.15) is 5.76 Å². The van der Waals surface area contributed by atoms with Crippen LogP contribution < -0.4 is 4.90 Å². The van der Waals surface area contributed by atoms with Crippen LogP contribution in [0, 0.1) is 6.92 Å². The molecule has 1 unspecified atom stereocenters. The first kappa shape index (κ1) is 21.4. The lowest BCUT2D eigenvalue weighted by Gasteiger charge is -2.26. The number of aryl methyl sites for hydroxylation is 1. The number of aliphatic hydroxyl groups excluding tert-OH is 1. The monoisotopic (exact) mass is 437 g/mol. The molecular weight excluding hydrogens is 419 g/mol. The van der Waals surface area contributed by atoms with Gasteiger partial charge in [-0.15, -0.1) is 0 Å². The van der Waals surface area contributed by atoms with E-state index in [0.717, 1.165) is 22.6 Å². The van der Waals surface area contributed by atoms with Crippen molar-refractivity contribution >= 4 is 23.1 Å². The van der Waals surface area contributed by atoms with E-state index in [9.17, 15) is 27.9 Å². The van der Waals surface area contributed by atoms with Gasteiger partial charge in [-0.05, 0) is 30.7 Å². The molecule has 0 bridgehead atoms. The number of amides is 1. The van der Waals surface area contributed by atoms with Crippen LogP contribution in [0.15, 0.2) is 84.4 Å². The number of benzene rings is 3. The highest BCUT2D eigenvalue weighted by molar-refractivity contribution is 6.51. The number of carbonyl (C=O) groups excluding carboxylic acids is 2. The Hall–Kier alpha value is -3.87. The minimum atomic E-state index is -4.62. The molecule has 1 heterocycles. The molecule has 1 N–H and O–H groups in total. The smallest absolute Gasteiger partial charge is 0.416 e. The molecule has 4 rings (SSSR count). The van der Waals surface area contributed by atoms with E-state index in [2.05, 4.69) is 0 Å². The van der Waals surface area contributed by atoms with E-state index in [1.807, 2.05) is 6.92 Å². The zero-order valence-corrected chi connectivity index (χ0v) is 16.9. The first-order valence-electron chi connectivity index (χ1n) is 9.78. The number of halogens is 3. The third-order valence-corrected chi connectivity index (χ3v) is 5.34. The fourth-order valence-electron chi connectivity index (χ4n) is 3.75. The Morgan fingerprint density at radius 2 is 1.56 bits per heavy atom. The second kappa shape index (κ2) is 8.00. The summed E-state index contributed by atoms with van der Waals surface area (Å²) in [6.45, 7) is 1.86. The van der Waals surface area contributed by atoms with E-state index in [4.69, 9.17) is 0 Å². The first-order chi connectivity index (χ1) is 15.2. The van der Waals surface area contributed by atoms with Crippen LogP contribution in [-0.2, 0) is 15.8 Å². The predicted octanol–water partition coefficient (Wildman–Crippen LogP) is 5.64. The Morgan fingerprint density at radius 3 is 2.19 bits per heavy atom. The summed E-state index contributed by atoms with van der Waals surface area (Å²) in [5.41, 5.74) is 0.536. The predicted molar refractivity (Wildman–Crippen MR) is 114 cm³/mol. The fraction of sp³-hybridized carbons (Fsp3) is 0.120. The van der Waals surface area contributed by atoms with Crippen LogP contribution >= 0.6 is 0 Å². The molecule has 1 aliphatic rings. The van der Waals surface area contributed by atoms with Crippen molar-refractivity contribution in [2.45, 2.75) is 19.1 Å². The van der Waals surface area contributed by atoms with E-state index in [-0.39, 0.29) is 17.0 Å². The van der Waals surface area contributed by atoms with Gasteiger partial charge in [0, 0.05) is 11.3 Å². The van der Waals surface area contributed by atoms with Crippen molar-refractivity contribution in [3.8, 4) is 0 Å². The van der Waals surface area contributed by atoms with Crippen molar-refractivity contribution in [1.29, 1.82) is 0 Å². The molecule has 0 saturated carbocycles. The number of rotatable bonds is 3. The number of alkyl halides is 3. The normalized spacial score (nSPS) is 18.2. The number of hydrogen-bond donors (Lipinski definition) is 1. The average Bonchev–Trinajstić information content (AvgIpc) is 3.04. The van der Waals surface area contributed by atoms with Gasteiger partial charge in [-0.25, -0.2) is 0 Å². The number of aliphatic hydroxyl groups is 1. The van der Waals surface area contributed by atoms with Gasteiger partial charge in [0.15, 0.2) is 0 Å². The first-order valence-corrected chi connectivity index (χ1v) is 9.78. The minimum absolute atomic E-state index is 0.0837. The maximum Gasteiger partial charge on any atom is 0.416 e. The molecular formula is C25H18F3NO3. The van der Waals surface area contributed by atoms with Crippen LogP contribution in [0.3, 0.4) is 0 Å². The van der Waals surface area contributed by atoms with E-state index in [1.165, 1.54) is 12.1 Å². The molecule has 1 aliphatic heterocycles. The van der Waals surface area contributed by atoms with Crippen molar-refractivity contribution in [2.75, 3.05) is 4.90 Å². The second-order valence-electron chi connectivity index (χ2n) is 7.49. The molecule has 0 aromatic heterocycles. The zero-order chi connectivity index (χ0) is 23.0. The quantitative estimate of drug-likeness (QED) is 0.328. The summed E-state index contributed by atoms with van der Waals surface area (Å²) < 4.78 is 39.9. The average molecular weight is 437 g/mol. The molecule has 0 aliphatic carbocycles. The summed E-state index contributed by atoms with van der Waals surface area (Å²) in [5, 5.41) is 10.9. The van der Waals surface area contributed by atoms with Gasteiger partial charge < -0.3 is 5.11 Å². The Kier molecular flexibility index (Phi) is 5.34. The molecule has 1 atom stereocenters. The largest absolute Gasteiger partial charge is 0.507 e. The molecule has 162 valence electrons. The molecule has 3 aromatic carbocycles. The summed E-state index contributed by atoms with van der Waals surface area (Å²) in [6, 6.07) is 18.3. The van der Waals surface area contributed by atoms with Crippen LogP contribution in [0.1, 0.15) is 28.3 Å². The number of Topliss-reactive ketones (excluding diaryl/α,β-unsaturated/α-hetero) is 1. The van der Waals surface area contributed by atoms with Crippen molar-refractivity contribution in [2.24, 2.45) is 0 Å². The van der Waals surface area contributed by atoms with E-state index >= 15 is 0 Å². The molecule has 0 radical (unpaired) electrons. The minimum Gasteiger partial charge on any atom is -0.507 e. The lowest BCUT2D eigenvalue weighted by atomic mass is 9.94. The fourth-order valence-corrected chi connectivity index (χ4v) is 3.75. The summed E-state index contributed by atoms with van der Waals surface area (Å²) in [6.07, 6.45) is -4.62. The Bertz CT molecular complexity index is 1220. The third-order valence-electron chi connectivity index (χ3n) is 5.34. The van der Waals surface area contributed by atoms with E-state index < -0.39 is 29.5 Å². The van der Waals surface area contributed by atoms with Gasteiger partial charge in [0.25, 0.3) is 11.7 Å². The summed E-state index contributed by atoms with van der Waals surface area (Å²) >= 11 is 0. The standard InChI is InChI=1S/C25H18F3NO3/c1-15-10-12-16(13-11-15)21-20(22(30)17-6-3-2-4-7-17)23(31)24(32)29(21)19-9-5-8-18(14-19)25(26,27)28/h2-14,21,30H,1H3. The summed E-state index contributed by atoms with van der Waals surface area (Å²) in [4.78, 5) is 27.0. The molecule has 7 heteroatoms. The van der Waals surface area contributed by atoms with Crippen molar-refractivity contribution in [3.05, 3.63) is 107 Å². The number of carbonyl (C=O) groups is 2. The SMILES string of the molecule is Cc1ccc(C2C(=C(O)c3ccccc3)C(=O)C(=O)N2c2cccc(C(F)(F)F)c2)cc1. The van der Waals surface area contributed by atoms with Gasteiger partial charge in [-0.3, -0.25) is 14.5 Å². The van der Waals surface area contributed by atoms with Gasteiger partial charge in [-0.1, -0.05) is 66.2 Å². The van der Waals surface area contributed by atoms with E-state index in [0.29, 0.717) is 11.1 Å². The molecule has 1 amide bonds. The zero-order valence-electron chi connectivity index (χ0n) is 16.9. The van der Waals surface area contributed by atoms with Crippen LogP contribution in [0.2, 0.25) is 0 Å². The highest BCUT2D eigenvalue weighted by Crippen LogP contribution is 2.43. The van der Waals surface area contributed by atoms with Crippen LogP contribution in [-0.4, -0.2) is 16.8 Å². The molecule has 3 aromatic rings. The van der Waals surface area contributed by atoms with Crippen molar-refractivity contribution in [3.63, 3.8) is 0 Å². The molecule has 32 heavy (non-hydrogen) atoms. The van der Waals surface area contributed by atoms with Crippen LogP contribution in [0.5, 0.6) is 0 Å².